The zero-order chi connectivity index (χ0) is 13.5. The summed E-state index contributed by atoms with van der Waals surface area (Å²) in [7, 11) is 0. The van der Waals surface area contributed by atoms with E-state index in [1.807, 2.05) is 11.3 Å². The topological polar surface area (TPSA) is 37.0 Å². The van der Waals surface area contributed by atoms with Crippen molar-refractivity contribution >= 4 is 11.3 Å². The van der Waals surface area contributed by atoms with Crippen LogP contribution in [0.4, 0.5) is 0 Å². The normalized spacial score (nSPS) is 13.2. The molecule has 1 atom stereocenters. The number of thiazole rings is 1. The van der Waals surface area contributed by atoms with E-state index in [0.717, 1.165) is 18.1 Å². The van der Waals surface area contributed by atoms with E-state index >= 15 is 0 Å². The molecule has 0 aliphatic carbocycles. The molecular weight excluding hydrogens is 242 g/mol. The summed E-state index contributed by atoms with van der Waals surface area (Å²) >= 11 is 1.81. The number of aryl methyl sites for hydroxylation is 2. The first-order chi connectivity index (χ1) is 8.50. The molecular formula is C14H27N3S. The van der Waals surface area contributed by atoms with Gasteiger partial charge >= 0.3 is 0 Å². The monoisotopic (exact) mass is 269 g/mol. The van der Waals surface area contributed by atoms with Crippen LogP contribution >= 0.6 is 11.3 Å². The molecule has 0 aromatic carbocycles. The number of aromatic nitrogens is 1. The number of nitrogens with zero attached hydrogens (tertiary/aromatic N) is 1. The van der Waals surface area contributed by atoms with E-state index < -0.39 is 0 Å². The number of nitrogens with one attached hydrogen (secondary N) is 2. The van der Waals surface area contributed by atoms with Crippen molar-refractivity contribution in [2.24, 2.45) is 0 Å². The highest BCUT2D eigenvalue weighted by atomic mass is 32.1. The SMILES string of the molecule is Cc1nc(C)c(C(C)NCCCCNC(C)C)s1. The summed E-state index contributed by atoms with van der Waals surface area (Å²) in [6.07, 6.45) is 2.46. The Morgan fingerprint density at radius 1 is 1.06 bits per heavy atom. The lowest BCUT2D eigenvalue weighted by molar-refractivity contribution is 0.517. The molecule has 0 radical (unpaired) electrons. The fraction of sp³-hybridized carbons (Fsp3) is 0.786. The highest BCUT2D eigenvalue weighted by Gasteiger charge is 2.11. The van der Waals surface area contributed by atoms with Gasteiger partial charge in [-0.05, 0) is 46.7 Å². The van der Waals surface area contributed by atoms with Crippen molar-refractivity contribution in [3.8, 4) is 0 Å². The third kappa shape index (κ3) is 5.46. The van der Waals surface area contributed by atoms with Gasteiger partial charge in [0.05, 0.1) is 10.7 Å². The fourth-order valence-corrected chi connectivity index (χ4v) is 2.96. The third-order valence-corrected chi connectivity index (χ3v) is 4.19. The quantitative estimate of drug-likeness (QED) is 0.712. The fourth-order valence-electron chi connectivity index (χ4n) is 2.00. The van der Waals surface area contributed by atoms with Crippen molar-refractivity contribution < 1.29 is 0 Å². The van der Waals surface area contributed by atoms with Crippen molar-refractivity contribution in [3.05, 3.63) is 15.6 Å². The van der Waals surface area contributed by atoms with Crippen molar-refractivity contribution in [1.29, 1.82) is 0 Å². The van der Waals surface area contributed by atoms with Crippen LogP contribution in [0.3, 0.4) is 0 Å². The van der Waals surface area contributed by atoms with Gasteiger partial charge in [0, 0.05) is 17.0 Å². The lowest BCUT2D eigenvalue weighted by atomic mass is 10.2. The zero-order valence-electron chi connectivity index (χ0n) is 12.3. The molecule has 0 fully saturated rings. The van der Waals surface area contributed by atoms with Gasteiger partial charge in [0.2, 0.25) is 0 Å². The van der Waals surface area contributed by atoms with Crippen molar-refractivity contribution in [2.45, 2.75) is 59.5 Å². The van der Waals surface area contributed by atoms with Crippen LogP contribution in [0.1, 0.15) is 55.2 Å². The van der Waals surface area contributed by atoms with E-state index in [9.17, 15) is 0 Å². The Balaban J connectivity index is 2.17. The smallest absolute Gasteiger partial charge is 0.0900 e. The lowest BCUT2D eigenvalue weighted by Crippen LogP contribution is -2.25. The number of rotatable bonds is 8. The molecule has 0 aliphatic rings. The largest absolute Gasteiger partial charge is 0.315 e. The van der Waals surface area contributed by atoms with Crippen LogP contribution in [-0.2, 0) is 0 Å². The van der Waals surface area contributed by atoms with Gasteiger partial charge in [-0.15, -0.1) is 11.3 Å². The first-order valence-electron chi connectivity index (χ1n) is 6.91. The molecule has 0 saturated heterocycles. The molecule has 1 rings (SSSR count). The number of hydrogen-bond acceptors (Lipinski definition) is 4. The summed E-state index contributed by atoms with van der Waals surface area (Å²) in [5.74, 6) is 0. The molecule has 0 aliphatic heterocycles. The van der Waals surface area contributed by atoms with E-state index in [2.05, 4.69) is 50.2 Å². The predicted molar refractivity (Wildman–Crippen MR) is 80.4 cm³/mol. The van der Waals surface area contributed by atoms with Gasteiger partial charge in [-0.2, -0.15) is 0 Å². The van der Waals surface area contributed by atoms with Crippen LogP contribution < -0.4 is 10.6 Å². The second-order valence-corrected chi connectivity index (χ2v) is 6.41. The molecule has 1 aromatic heterocycles. The van der Waals surface area contributed by atoms with E-state index in [1.165, 1.54) is 23.4 Å². The summed E-state index contributed by atoms with van der Waals surface area (Å²) < 4.78 is 0. The Hall–Kier alpha value is -0.450. The summed E-state index contributed by atoms with van der Waals surface area (Å²) in [6, 6.07) is 1.02. The van der Waals surface area contributed by atoms with Gasteiger partial charge in [-0.25, -0.2) is 4.98 Å². The second kappa shape index (κ2) is 7.87. The maximum Gasteiger partial charge on any atom is 0.0900 e. The second-order valence-electron chi connectivity index (χ2n) is 5.17. The van der Waals surface area contributed by atoms with Crippen molar-refractivity contribution in [1.82, 2.24) is 15.6 Å². The zero-order valence-corrected chi connectivity index (χ0v) is 13.2. The van der Waals surface area contributed by atoms with Crippen LogP contribution in [0.5, 0.6) is 0 Å². The van der Waals surface area contributed by atoms with Crippen LogP contribution in [-0.4, -0.2) is 24.1 Å². The molecule has 2 N–H and O–H groups in total. The highest BCUT2D eigenvalue weighted by molar-refractivity contribution is 7.11. The maximum atomic E-state index is 4.48. The summed E-state index contributed by atoms with van der Waals surface area (Å²) in [6.45, 7) is 13.0. The lowest BCUT2D eigenvalue weighted by Gasteiger charge is -2.13. The van der Waals surface area contributed by atoms with Gasteiger partial charge < -0.3 is 10.6 Å². The average molecular weight is 269 g/mol. The Morgan fingerprint density at radius 3 is 2.17 bits per heavy atom. The predicted octanol–water partition coefficient (Wildman–Crippen LogP) is 3.19. The van der Waals surface area contributed by atoms with E-state index in [0.29, 0.717) is 12.1 Å². The molecule has 3 nitrogen and oxygen atoms in total. The van der Waals surface area contributed by atoms with Crippen LogP contribution in [0.25, 0.3) is 0 Å². The van der Waals surface area contributed by atoms with Crippen LogP contribution in [0.2, 0.25) is 0 Å². The molecule has 0 saturated carbocycles. The number of unbranched alkanes of at least 4 members (excludes halogenated alkanes) is 1. The molecule has 0 amide bonds. The molecule has 4 heteroatoms. The summed E-state index contributed by atoms with van der Waals surface area (Å²) in [5.41, 5.74) is 1.18. The Kier molecular flexibility index (Phi) is 6.82. The standard InChI is InChI=1S/C14H27N3S/c1-10(2)15-8-6-7-9-16-11(3)14-12(4)17-13(5)18-14/h10-11,15-16H,6-9H2,1-5H3. The van der Waals surface area contributed by atoms with Crippen LogP contribution in [0.15, 0.2) is 0 Å². The van der Waals surface area contributed by atoms with Gasteiger partial charge in [0.1, 0.15) is 0 Å². The Labute approximate surface area is 115 Å². The molecule has 1 aromatic rings. The van der Waals surface area contributed by atoms with Gasteiger partial charge in [-0.3, -0.25) is 0 Å². The minimum Gasteiger partial charge on any atom is -0.315 e. The first-order valence-corrected chi connectivity index (χ1v) is 7.73. The Bertz CT molecular complexity index is 347. The minimum absolute atomic E-state index is 0.425. The van der Waals surface area contributed by atoms with E-state index in [4.69, 9.17) is 0 Å². The average Bonchev–Trinajstić information content (AvgIpc) is 2.62. The van der Waals surface area contributed by atoms with Gasteiger partial charge in [0.15, 0.2) is 0 Å². The molecule has 1 heterocycles. The van der Waals surface area contributed by atoms with Gasteiger partial charge in [-0.1, -0.05) is 13.8 Å². The third-order valence-electron chi connectivity index (χ3n) is 2.94. The first kappa shape index (κ1) is 15.6. The molecule has 18 heavy (non-hydrogen) atoms. The van der Waals surface area contributed by atoms with Gasteiger partial charge in [0.25, 0.3) is 0 Å². The molecule has 0 bridgehead atoms. The maximum absolute atomic E-state index is 4.48. The summed E-state index contributed by atoms with van der Waals surface area (Å²) in [4.78, 5) is 5.86. The van der Waals surface area contributed by atoms with Crippen LogP contribution in [0, 0.1) is 13.8 Å². The summed E-state index contributed by atoms with van der Waals surface area (Å²) in [5, 5.41) is 8.19. The Morgan fingerprint density at radius 2 is 1.67 bits per heavy atom. The van der Waals surface area contributed by atoms with Crippen molar-refractivity contribution in [2.75, 3.05) is 13.1 Å². The van der Waals surface area contributed by atoms with Crippen molar-refractivity contribution in [3.63, 3.8) is 0 Å². The highest BCUT2D eigenvalue weighted by Crippen LogP contribution is 2.24. The minimum atomic E-state index is 0.425. The molecule has 1 unspecified atom stereocenters. The van der Waals surface area contributed by atoms with E-state index in [-0.39, 0.29) is 0 Å². The van der Waals surface area contributed by atoms with E-state index in [1.54, 1.807) is 0 Å². The number of hydrogen-bond donors (Lipinski definition) is 2. The molecule has 104 valence electrons. The molecule has 0 spiro atoms.